The highest BCUT2D eigenvalue weighted by Gasteiger charge is 2.31. The zero-order valence-corrected chi connectivity index (χ0v) is 10.7. The molecule has 0 bridgehead atoms. The first-order valence-electron chi connectivity index (χ1n) is 5.40. The molecular weight excluding hydrogens is 256 g/mol. The smallest absolute Gasteiger partial charge is 0.203 e. The van der Waals surface area contributed by atoms with Gasteiger partial charge in [0.05, 0.1) is 0 Å². The second-order valence-electron chi connectivity index (χ2n) is 4.16. The van der Waals surface area contributed by atoms with Gasteiger partial charge in [0.25, 0.3) is 0 Å². The number of nitrogens with two attached hydrogens (primary N) is 2. The van der Waals surface area contributed by atoms with Crippen molar-refractivity contribution in [2.45, 2.75) is 31.1 Å². The average molecular weight is 268 g/mol. The van der Waals surface area contributed by atoms with Crippen LogP contribution in [-0.4, -0.2) is 20.4 Å². The highest BCUT2D eigenvalue weighted by Crippen LogP contribution is 2.45. The molecule has 0 radical (unpaired) electrons. The van der Waals surface area contributed by atoms with Gasteiger partial charge in [-0.15, -0.1) is 20.4 Å². The largest absolute Gasteiger partial charge is 0.374 e. The quantitative estimate of drug-likeness (QED) is 0.857. The van der Waals surface area contributed by atoms with Crippen LogP contribution in [0.2, 0.25) is 0 Å². The van der Waals surface area contributed by atoms with Crippen molar-refractivity contribution in [1.29, 1.82) is 0 Å². The number of nitrogens with zero attached hydrogens (tertiary/aromatic N) is 4. The van der Waals surface area contributed by atoms with E-state index in [1.807, 2.05) is 0 Å². The lowest BCUT2D eigenvalue weighted by Gasteiger charge is -2.04. The lowest BCUT2D eigenvalue weighted by Crippen LogP contribution is -1.95. The highest BCUT2D eigenvalue weighted by atomic mass is 32.1. The third kappa shape index (κ3) is 2.09. The molecule has 0 aliphatic heterocycles. The molecule has 6 nitrogen and oxygen atoms in total. The van der Waals surface area contributed by atoms with Gasteiger partial charge in [-0.25, -0.2) is 0 Å². The zero-order valence-electron chi connectivity index (χ0n) is 9.04. The fourth-order valence-corrected chi connectivity index (χ4v) is 3.77. The van der Waals surface area contributed by atoms with Crippen molar-refractivity contribution in [2.75, 3.05) is 11.5 Å². The maximum Gasteiger partial charge on any atom is 0.203 e. The van der Waals surface area contributed by atoms with Crippen molar-refractivity contribution in [3.05, 3.63) is 10.0 Å². The number of hydrogen-bond donors (Lipinski definition) is 2. The zero-order chi connectivity index (χ0) is 11.8. The van der Waals surface area contributed by atoms with Crippen LogP contribution in [0.4, 0.5) is 10.3 Å². The summed E-state index contributed by atoms with van der Waals surface area (Å²) in [6.45, 7) is 0. The Bertz CT molecular complexity index is 475. The molecule has 4 N–H and O–H groups in total. The molecule has 0 aromatic carbocycles. The molecule has 90 valence electrons. The van der Waals surface area contributed by atoms with Crippen LogP contribution in [-0.2, 0) is 0 Å². The van der Waals surface area contributed by atoms with Gasteiger partial charge in [-0.05, 0) is 19.3 Å². The number of anilines is 2. The molecule has 2 heterocycles. The third-order valence-electron chi connectivity index (χ3n) is 3.04. The highest BCUT2D eigenvalue weighted by molar-refractivity contribution is 7.15. The van der Waals surface area contributed by atoms with E-state index in [2.05, 4.69) is 20.4 Å². The van der Waals surface area contributed by atoms with Crippen molar-refractivity contribution in [1.82, 2.24) is 20.4 Å². The Labute approximate surface area is 106 Å². The Morgan fingerprint density at radius 2 is 1.29 bits per heavy atom. The van der Waals surface area contributed by atoms with E-state index in [0.29, 0.717) is 22.1 Å². The van der Waals surface area contributed by atoms with Gasteiger partial charge in [-0.2, -0.15) is 0 Å². The molecule has 2 aromatic heterocycles. The molecule has 2 atom stereocenters. The molecule has 3 rings (SSSR count). The van der Waals surface area contributed by atoms with Gasteiger partial charge in [-0.1, -0.05) is 22.7 Å². The Balaban J connectivity index is 1.73. The molecule has 0 saturated heterocycles. The molecule has 1 unspecified atom stereocenters. The van der Waals surface area contributed by atoms with Crippen molar-refractivity contribution < 1.29 is 0 Å². The topological polar surface area (TPSA) is 104 Å². The summed E-state index contributed by atoms with van der Waals surface area (Å²) in [6, 6.07) is 0. The monoisotopic (exact) mass is 268 g/mol. The van der Waals surface area contributed by atoms with E-state index < -0.39 is 0 Å². The number of rotatable bonds is 2. The number of hydrogen-bond acceptors (Lipinski definition) is 8. The second kappa shape index (κ2) is 4.19. The maximum atomic E-state index is 5.60. The molecule has 1 fully saturated rings. The average Bonchev–Trinajstić information content (AvgIpc) is 2.96. The van der Waals surface area contributed by atoms with Crippen molar-refractivity contribution in [2.24, 2.45) is 0 Å². The minimum atomic E-state index is 0.458. The van der Waals surface area contributed by atoms with E-state index in [-0.39, 0.29) is 0 Å². The summed E-state index contributed by atoms with van der Waals surface area (Å²) in [5.74, 6) is 0.917. The molecule has 17 heavy (non-hydrogen) atoms. The molecule has 8 heteroatoms. The molecule has 0 spiro atoms. The van der Waals surface area contributed by atoms with Crippen molar-refractivity contribution in [3.63, 3.8) is 0 Å². The van der Waals surface area contributed by atoms with Crippen LogP contribution >= 0.6 is 22.7 Å². The van der Waals surface area contributed by atoms with Gasteiger partial charge in [0.2, 0.25) is 10.3 Å². The van der Waals surface area contributed by atoms with Gasteiger partial charge >= 0.3 is 0 Å². The first-order valence-corrected chi connectivity index (χ1v) is 7.03. The standard InChI is InChI=1S/C9H12N6S2/c10-8-14-12-6(16-8)4-1-2-5(3-4)7-13-15-9(11)17-7/h4-5H,1-3H2,(H2,10,14)(H2,11,15)/t4-,5?/m0/s1. The molecule has 1 saturated carbocycles. The molecule has 1 aliphatic rings. The fourth-order valence-electron chi connectivity index (χ4n) is 2.25. The summed E-state index contributed by atoms with van der Waals surface area (Å²) in [4.78, 5) is 0. The van der Waals surface area contributed by atoms with E-state index in [1.54, 1.807) is 0 Å². The third-order valence-corrected chi connectivity index (χ3v) is 4.87. The first-order chi connectivity index (χ1) is 8.22. The number of aromatic nitrogens is 4. The van der Waals surface area contributed by atoms with Crippen LogP contribution in [0.5, 0.6) is 0 Å². The van der Waals surface area contributed by atoms with Gasteiger partial charge < -0.3 is 11.5 Å². The summed E-state index contributed by atoms with van der Waals surface area (Å²) in [5, 5.41) is 19.1. The summed E-state index contributed by atoms with van der Waals surface area (Å²) in [7, 11) is 0. The summed E-state index contributed by atoms with van der Waals surface area (Å²) >= 11 is 2.97. The Morgan fingerprint density at radius 1 is 0.824 bits per heavy atom. The van der Waals surface area contributed by atoms with Crippen LogP contribution in [0, 0.1) is 0 Å². The van der Waals surface area contributed by atoms with Crippen molar-refractivity contribution >= 4 is 32.9 Å². The maximum absolute atomic E-state index is 5.60. The molecule has 1 aliphatic carbocycles. The lowest BCUT2D eigenvalue weighted by atomic mass is 10.1. The minimum Gasteiger partial charge on any atom is -0.374 e. The van der Waals surface area contributed by atoms with E-state index in [4.69, 9.17) is 11.5 Å². The van der Waals surface area contributed by atoms with E-state index in [1.165, 1.54) is 22.7 Å². The SMILES string of the molecule is Nc1nnc(C2CC[C@H](c3nnc(N)s3)C2)s1. The second-order valence-corrected chi connectivity index (χ2v) is 6.25. The van der Waals surface area contributed by atoms with Gasteiger partial charge in [0.15, 0.2) is 0 Å². The van der Waals surface area contributed by atoms with Crippen LogP contribution in [0.25, 0.3) is 0 Å². The van der Waals surface area contributed by atoms with Crippen LogP contribution in [0.15, 0.2) is 0 Å². The Hall–Kier alpha value is -1.28. The van der Waals surface area contributed by atoms with Gasteiger partial charge in [-0.3, -0.25) is 0 Å². The van der Waals surface area contributed by atoms with E-state index in [9.17, 15) is 0 Å². The molecule has 2 aromatic rings. The summed E-state index contributed by atoms with van der Waals surface area (Å²) < 4.78 is 0. The first kappa shape index (κ1) is 10.8. The lowest BCUT2D eigenvalue weighted by molar-refractivity contribution is 0.667. The number of nitrogen functional groups attached to an aromatic ring is 2. The minimum absolute atomic E-state index is 0.458. The Kier molecular flexibility index (Phi) is 2.67. The van der Waals surface area contributed by atoms with E-state index in [0.717, 1.165) is 29.3 Å². The van der Waals surface area contributed by atoms with Crippen LogP contribution in [0.1, 0.15) is 41.1 Å². The summed E-state index contributed by atoms with van der Waals surface area (Å²) in [6.07, 6.45) is 3.26. The van der Waals surface area contributed by atoms with Crippen molar-refractivity contribution in [3.8, 4) is 0 Å². The molecular formula is C9H12N6S2. The van der Waals surface area contributed by atoms with Gasteiger partial charge in [0, 0.05) is 11.8 Å². The normalized spacial score (nSPS) is 24.2. The van der Waals surface area contributed by atoms with Crippen LogP contribution in [0.3, 0.4) is 0 Å². The van der Waals surface area contributed by atoms with Gasteiger partial charge in [0.1, 0.15) is 10.0 Å². The fraction of sp³-hybridized carbons (Fsp3) is 0.556. The predicted molar refractivity (Wildman–Crippen MR) is 68.0 cm³/mol. The molecule has 0 amide bonds. The van der Waals surface area contributed by atoms with E-state index >= 15 is 0 Å². The predicted octanol–water partition coefficient (Wildman–Crippen LogP) is 1.61. The Morgan fingerprint density at radius 3 is 1.65 bits per heavy atom. The summed E-state index contributed by atoms with van der Waals surface area (Å²) in [5.41, 5.74) is 11.2. The van der Waals surface area contributed by atoms with Crippen LogP contribution < -0.4 is 11.5 Å².